The van der Waals surface area contributed by atoms with Gasteiger partial charge in [0, 0.05) is 11.1 Å². The van der Waals surface area contributed by atoms with E-state index in [1.165, 1.54) is 31.1 Å². The molecule has 0 amide bonds. The van der Waals surface area contributed by atoms with E-state index in [1.807, 2.05) is 12.1 Å². The number of hydrogen-bond donors (Lipinski definition) is 0. The summed E-state index contributed by atoms with van der Waals surface area (Å²) < 4.78 is 4.77. The summed E-state index contributed by atoms with van der Waals surface area (Å²) in [5.74, 6) is 6.09. The maximum Gasteiger partial charge on any atom is 0.337 e. The molecular formula is C24H26O2. The Kier molecular flexibility index (Phi) is 4.67. The highest BCUT2D eigenvalue weighted by atomic mass is 16.5. The molecule has 2 nitrogen and oxygen atoms in total. The molecule has 0 N–H and O–H groups in total. The van der Waals surface area contributed by atoms with Gasteiger partial charge in [-0.15, -0.1) is 0 Å². The van der Waals surface area contributed by atoms with Crippen molar-refractivity contribution in [3.05, 3.63) is 70.3 Å². The normalized spacial score (nSPS) is 16.8. The number of hydrogen-bond acceptors (Lipinski definition) is 2. The van der Waals surface area contributed by atoms with Crippen LogP contribution in [0, 0.1) is 11.8 Å². The fourth-order valence-electron chi connectivity index (χ4n) is 3.65. The Bertz CT molecular complexity index is 907. The Balaban J connectivity index is 1.96. The van der Waals surface area contributed by atoms with Gasteiger partial charge in [0.25, 0.3) is 0 Å². The van der Waals surface area contributed by atoms with Crippen molar-refractivity contribution < 1.29 is 9.53 Å². The highest BCUT2D eigenvalue weighted by molar-refractivity contribution is 5.89. The van der Waals surface area contributed by atoms with E-state index in [4.69, 9.17) is 4.74 Å². The second-order valence-corrected chi connectivity index (χ2v) is 8.35. The molecule has 134 valence electrons. The molecule has 2 aromatic carbocycles. The van der Waals surface area contributed by atoms with Crippen LogP contribution in [0.5, 0.6) is 0 Å². The van der Waals surface area contributed by atoms with Crippen molar-refractivity contribution in [2.75, 3.05) is 7.11 Å². The fraction of sp³-hybridized carbons (Fsp3) is 0.375. The van der Waals surface area contributed by atoms with Gasteiger partial charge in [-0.3, -0.25) is 0 Å². The van der Waals surface area contributed by atoms with Crippen LogP contribution in [0.1, 0.15) is 73.1 Å². The molecule has 0 saturated carbocycles. The summed E-state index contributed by atoms with van der Waals surface area (Å²) in [5.41, 5.74) is 5.57. The molecule has 3 rings (SSSR count). The smallest absolute Gasteiger partial charge is 0.337 e. The molecule has 2 aromatic rings. The quantitative estimate of drug-likeness (QED) is 0.522. The molecule has 0 radical (unpaired) electrons. The molecule has 0 heterocycles. The molecule has 0 aromatic heterocycles. The zero-order valence-electron chi connectivity index (χ0n) is 16.3. The largest absolute Gasteiger partial charge is 0.465 e. The molecule has 0 unspecified atom stereocenters. The van der Waals surface area contributed by atoms with Gasteiger partial charge in [0.05, 0.1) is 12.7 Å². The first-order chi connectivity index (χ1) is 12.2. The van der Waals surface area contributed by atoms with E-state index in [9.17, 15) is 4.79 Å². The topological polar surface area (TPSA) is 26.3 Å². The van der Waals surface area contributed by atoms with Crippen LogP contribution in [-0.2, 0) is 15.6 Å². The molecule has 1 aliphatic carbocycles. The molecule has 2 heteroatoms. The van der Waals surface area contributed by atoms with Crippen molar-refractivity contribution in [2.45, 2.75) is 51.4 Å². The predicted octanol–water partition coefficient (Wildman–Crippen LogP) is 5.22. The number of esters is 1. The number of methoxy groups -OCH3 is 1. The molecule has 1 aliphatic rings. The number of carbonyl (C=O) groups is 1. The van der Waals surface area contributed by atoms with Gasteiger partial charge in [-0.1, -0.05) is 51.7 Å². The Labute approximate surface area is 156 Å². The lowest BCUT2D eigenvalue weighted by molar-refractivity contribution is 0.0600. The van der Waals surface area contributed by atoms with Crippen LogP contribution in [0.4, 0.5) is 0 Å². The summed E-state index contributed by atoms with van der Waals surface area (Å²) in [7, 11) is 1.39. The third-order valence-corrected chi connectivity index (χ3v) is 5.49. The van der Waals surface area contributed by atoms with Gasteiger partial charge in [0.2, 0.25) is 0 Å². The Morgan fingerprint density at radius 3 is 2.15 bits per heavy atom. The van der Waals surface area contributed by atoms with Gasteiger partial charge >= 0.3 is 5.97 Å². The molecular weight excluding hydrogens is 320 g/mol. The van der Waals surface area contributed by atoms with Crippen LogP contribution < -0.4 is 0 Å². The summed E-state index contributed by atoms with van der Waals surface area (Å²) in [6, 6.07) is 13.8. The summed E-state index contributed by atoms with van der Waals surface area (Å²) in [6.45, 7) is 9.28. The van der Waals surface area contributed by atoms with Crippen LogP contribution in [0.25, 0.3) is 0 Å². The molecule has 26 heavy (non-hydrogen) atoms. The third kappa shape index (κ3) is 3.53. The number of rotatable bonds is 1. The van der Waals surface area contributed by atoms with E-state index in [0.29, 0.717) is 5.56 Å². The highest BCUT2D eigenvalue weighted by Gasteiger charge is 2.36. The molecule has 0 saturated heterocycles. The first-order valence-electron chi connectivity index (χ1n) is 9.08. The predicted molar refractivity (Wildman–Crippen MR) is 105 cm³/mol. The Hall–Kier alpha value is -2.53. The van der Waals surface area contributed by atoms with Crippen LogP contribution >= 0.6 is 0 Å². The van der Waals surface area contributed by atoms with E-state index >= 15 is 0 Å². The van der Waals surface area contributed by atoms with Crippen molar-refractivity contribution in [3.8, 4) is 11.8 Å². The van der Waals surface area contributed by atoms with Gasteiger partial charge in [-0.25, -0.2) is 4.79 Å². The lowest BCUT2D eigenvalue weighted by atomic mass is 9.63. The van der Waals surface area contributed by atoms with Crippen molar-refractivity contribution in [2.24, 2.45) is 0 Å². The average Bonchev–Trinajstić information content (AvgIpc) is 2.63. The molecule has 0 spiro atoms. The van der Waals surface area contributed by atoms with Crippen molar-refractivity contribution in [1.29, 1.82) is 0 Å². The zero-order chi connectivity index (χ0) is 18.9. The van der Waals surface area contributed by atoms with Crippen molar-refractivity contribution in [3.63, 3.8) is 0 Å². The van der Waals surface area contributed by atoms with E-state index in [0.717, 1.165) is 11.1 Å². The van der Waals surface area contributed by atoms with Crippen LogP contribution in [-0.4, -0.2) is 13.1 Å². The average molecular weight is 346 g/mol. The lowest BCUT2D eigenvalue weighted by Crippen LogP contribution is -2.33. The first kappa shape index (κ1) is 18.3. The second kappa shape index (κ2) is 6.65. The van der Waals surface area contributed by atoms with Gasteiger partial charge in [-0.05, 0) is 65.1 Å². The summed E-state index contributed by atoms with van der Waals surface area (Å²) in [4.78, 5) is 11.7. The number of ether oxygens (including phenoxy) is 1. The van der Waals surface area contributed by atoms with E-state index in [2.05, 4.69) is 57.7 Å². The highest BCUT2D eigenvalue weighted by Crippen LogP contribution is 2.45. The SMILES string of the molecule is COC(=O)c1cccc(C#Cc2ccc3c(c2)C(C)(C)CCC3(C)C)c1. The van der Waals surface area contributed by atoms with Gasteiger partial charge in [0.1, 0.15) is 0 Å². The van der Waals surface area contributed by atoms with Crippen LogP contribution in [0.2, 0.25) is 0 Å². The summed E-state index contributed by atoms with van der Waals surface area (Å²) in [5, 5.41) is 0. The molecule has 0 fully saturated rings. The maximum absolute atomic E-state index is 11.7. The van der Waals surface area contributed by atoms with Gasteiger partial charge < -0.3 is 4.74 Å². The molecule has 0 bridgehead atoms. The molecule has 0 atom stereocenters. The third-order valence-electron chi connectivity index (χ3n) is 5.49. The standard InChI is InChI=1S/C24H26O2/c1-23(2)13-14-24(3,4)21-16-18(11-12-20(21)23)10-9-17-7-6-8-19(15-17)22(25)26-5/h6-8,11-12,15-16H,13-14H2,1-5H3. The monoisotopic (exact) mass is 346 g/mol. The Morgan fingerprint density at radius 2 is 1.50 bits per heavy atom. The number of benzene rings is 2. The van der Waals surface area contributed by atoms with Crippen LogP contribution in [0.15, 0.2) is 42.5 Å². The fourth-order valence-corrected chi connectivity index (χ4v) is 3.65. The van der Waals surface area contributed by atoms with Gasteiger partial charge in [-0.2, -0.15) is 0 Å². The number of fused-ring (bicyclic) bond motifs is 1. The van der Waals surface area contributed by atoms with E-state index in [-0.39, 0.29) is 16.8 Å². The van der Waals surface area contributed by atoms with E-state index in [1.54, 1.807) is 12.1 Å². The lowest BCUT2D eigenvalue weighted by Gasteiger charge is -2.41. The minimum atomic E-state index is -0.341. The van der Waals surface area contributed by atoms with Gasteiger partial charge in [0.15, 0.2) is 0 Å². The first-order valence-corrected chi connectivity index (χ1v) is 9.08. The van der Waals surface area contributed by atoms with Crippen molar-refractivity contribution >= 4 is 5.97 Å². The van der Waals surface area contributed by atoms with Crippen molar-refractivity contribution in [1.82, 2.24) is 0 Å². The van der Waals surface area contributed by atoms with Crippen LogP contribution in [0.3, 0.4) is 0 Å². The second-order valence-electron chi connectivity index (χ2n) is 8.35. The minimum Gasteiger partial charge on any atom is -0.465 e. The zero-order valence-corrected chi connectivity index (χ0v) is 16.3. The maximum atomic E-state index is 11.7. The molecule has 0 aliphatic heterocycles. The summed E-state index contributed by atoms with van der Waals surface area (Å²) in [6.07, 6.45) is 2.39. The van der Waals surface area contributed by atoms with E-state index < -0.39 is 0 Å². The summed E-state index contributed by atoms with van der Waals surface area (Å²) >= 11 is 0. The number of carbonyl (C=O) groups excluding carboxylic acids is 1. The Morgan fingerprint density at radius 1 is 0.885 bits per heavy atom. The minimum absolute atomic E-state index is 0.174.